The zero-order valence-corrected chi connectivity index (χ0v) is 13.0. The Kier molecular flexibility index (Phi) is 3.86. The normalized spacial score (nSPS) is 23.2. The van der Waals surface area contributed by atoms with Crippen LogP contribution >= 0.6 is 11.3 Å². The van der Waals surface area contributed by atoms with Crippen LogP contribution in [0.1, 0.15) is 50.9 Å². The zero-order chi connectivity index (χ0) is 15.1. The molecular formula is C14H20N2O3S. The third kappa shape index (κ3) is 3.17. The molecule has 1 aromatic heterocycles. The van der Waals surface area contributed by atoms with Crippen LogP contribution in [0.25, 0.3) is 0 Å². The maximum absolute atomic E-state index is 11.9. The van der Waals surface area contributed by atoms with Crippen LogP contribution in [0.2, 0.25) is 0 Å². The van der Waals surface area contributed by atoms with E-state index in [1.165, 1.54) is 11.3 Å². The summed E-state index contributed by atoms with van der Waals surface area (Å²) in [5, 5.41) is 14.5. The van der Waals surface area contributed by atoms with E-state index in [0.29, 0.717) is 6.42 Å². The molecule has 110 valence electrons. The second kappa shape index (κ2) is 5.16. The number of hydrogen-bond donors (Lipinski definition) is 2. The summed E-state index contributed by atoms with van der Waals surface area (Å²) in [4.78, 5) is 27.2. The minimum absolute atomic E-state index is 0.0105. The minimum atomic E-state index is -0.887. The number of nitrogens with zero attached hydrogens (tertiary/aromatic N) is 1. The third-order valence-corrected chi connectivity index (χ3v) is 4.49. The van der Waals surface area contributed by atoms with Gasteiger partial charge in [-0.05, 0) is 13.3 Å². The summed E-state index contributed by atoms with van der Waals surface area (Å²) in [6, 6.07) is -0.182. The average Bonchev–Trinajstić information content (AvgIpc) is 2.96. The number of carboxylic acid groups (broad SMARTS) is 1. The van der Waals surface area contributed by atoms with Gasteiger partial charge >= 0.3 is 5.97 Å². The highest BCUT2D eigenvalue weighted by Gasteiger charge is 2.48. The predicted octanol–water partition coefficient (Wildman–Crippen LogP) is 2.34. The van der Waals surface area contributed by atoms with Crippen LogP contribution in [0.3, 0.4) is 0 Å². The first-order valence-corrected chi connectivity index (χ1v) is 7.57. The van der Waals surface area contributed by atoms with E-state index in [4.69, 9.17) is 5.11 Å². The molecule has 1 fully saturated rings. The number of carboxylic acids is 1. The first-order chi connectivity index (χ1) is 9.20. The van der Waals surface area contributed by atoms with Crippen molar-refractivity contribution >= 4 is 23.2 Å². The van der Waals surface area contributed by atoms with E-state index in [2.05, 4.69) is 31.1 Å². The van der Waals surface area contributed by atoms with E-state index >= 15 is 0 Å². The summed E-state index contributed by atoms with van der Waals surface area (Å²) in [6.07, 6.45) is 0.443. The average molecular weight is 296 g/mol. The number of amides is 1. The molecule has 6 heteroatoms. The molecule has 0 bridgehead atoms. The number of rotatable bonds is 4. The number of thiazole rings is 1. The van der Waals surface area contributed by atoms with Gasteiger partial charge in [0.2, 0.25) is 5.91 Å². The van der Waals surface area contributed by atoms with Gasteiger partial charge in [0, 0.05) is 10.8 Å². The van der Waals surface area contributed by atoms with Gasteiger partial charge in [-0.25, -0.2) is 4.98 Å². The fourth-order valence-corrected chi connectivity index (χ4v) is 3.02. The molecule has 20 heavy (non-hydrogen) atoms. The number of nitrogens with one attached hydrogen (secondary N) is 1. The molecule has 1 heterocycles. The maximum Gasteiger partial charge on any atom is 0.307 e. The molecule has 1 aliphatic rings. The quantitative estimate of drug-likeness (QED) is 0.893. The smallest absolute Gasteiger partial charge is 0.307 e. The van der Waals surface area contributed by atoms with Crippen molar-refractivity contribution in [2.45, 2.75) is 45.6 Å². The van der Waals surface area contributed by atoms with Gasteiger partial charge in [0.15, 0.2) is 0 Å². The van der Waals surface area contributed by atoms with Crippen molar-refractivity contribution in [3.63, 3.8) is 0 Å². The van der Waals surface area contributed by atoms with Gasteiger partial charge in [-0.3, -0.25) is 9.59 Å². The Morgan fingerprint density at radius 3 is 2.55 bits per heavy atom. The van der Waals surface area contributed by atoms with E-state index in [1.54, 1.807) is 0 Å². The van der Waals surface area contributed by atoms with Crippen LogP contribution in [-0.2, 0) is 15.0 Å². The van der Waals surface area contributed by atoms with Gasteiger partial charge in [-0.15, -0.1) is 11.3 Å². The molecule has 1 saturated carbocycles. The first-order valence-electron chi connectivity index (χ1n) is 6.69. The summed E-state index contributed by atoms with van der Waals surface area (Å²) in [7, 11) is 0. The summed E-state index contributed by atoms with van der Waals surface area (Å²) >= 11 is 1.52. The van der Waals surface area contributed by atoms with Crippen LogP contribution in [-0.4, -0.2) is 22.0 Å². The molecule has 0 spiro atoms. The largest absolute Gasteiger partial charge is 0.481 e. The van der Waals surface area contributed by atoms with Gasteiger partial charge in [0.05, 0.1) is 23.6 Å². The molecule has 1 aliphatic carbocycles. The van der Waals surface area contributed by atoms with E-state index in [-0.39, 0.29) is 23.3 Å². The molecule has 1 amide bonds. The molecule has 2 N–H and O–H groups in total. The van der Waals surface area contributed by atoms with Crippen molar-refractivity contribution < 1.29 is 14.7 Å². The summed E-state index contributed by atoms with van der Waals surface area (Å²) in [5.41, 5.74) is 0.997. The molecule has 2 rings (SSSR count). The van der Waals surface area contributed by atoms with Crippen LogP contribution in [0.4, 0.5) is 0 Å². The number of carbonyl (C=O) groups excluding carboxylic acids is 1. The lowest BCUT2D eigenvalue weighted by Gasteiger charge is -2.15. The van der Waals surface area contributed by atoms with Crippen molar-refractivity contribution in [2.24, 2.45) is 11.8 Å². The van der Waals surface area contributed by atoms with Gasteiger partial charge < -0.3 is 10.4 Å². The Morgan fingerprint density at radius 2 is 2.10 bits per heavy atom. The van der Waals surface area contributed by atoms with Gasteiger partial charge in [0.25, 0.3) is 0 Å². The number of carbonyl (C=O) groups is 2. The fraction of sp³-hybridized carbons (Fsp3) is 0.643. The SMILES string of the molecule is C[C@H](NC(=O)[C@H]1C[C@H]1C(=O)O)c1nc(C(C)(C)C)cs1. The monoisotopic (exact) mass is 296 g/mol. The second-order valence-electron chi connectivity index (χ2n) is 6.34. The van der Waals surface area contributed by atoms with Crippen LogP contribution in [0, 0.1) is 11.8 Å². The molecule has 0 saturated heterocycles. The Bertz CT molecular complexity index is 533. The lowest BCUT2D eigenvalue weighted by Crippen LogP contribution is -2.29. The van der Waals surface area contributed by atoms with E-state index in [1.807, 2.05) is 12.3 Å². The van der Waals surface area contributed by atoms with E-state index < -0.39 is 11.9 Å². The van der Waals surface area contributed by atoms with Crippen LogP contribution in [0.5, 0.6) is 0 Å². The molecular weight excluding hydrogens is 276 g/mol. The first kappa shape index (κ1) is 15.0. The van der Waals surface area contributed by atoms with Gasteiger partial charge in [-0.2, -0.15) is 0 Å². The Labute approximate surface area is 122 Å². The van der Waals surface area contributed by atoms with Crippen LogP contribution in [0.15, 0.2) is 5.38 Å². The van der Waals surface area contributed by atoms with Crippen molar-refractivity contribution in [1.82, 2.24) is 10.3 Å². The lowest BCUT2D eigenvalue weighted by molar-refractivity contribution is -0.140. The molecule has 0 unspecified atom stereocenters. The molecule has 1 aromatic rings. The van der Waals surface area contributed by atoms with Crippen molar-refractivity contribution in [1.29, 1.82) is 0 Å². The van der Waals surface area contributed by atoms with Gasteiger partial charge in [-0.1, -0.05) is 20.8 Å². The lowest BCUT2D eigenvalue weighted by atomic mass is 9.93. The predicted molar refractivity (Wildman–Crippen MR) is 76.6 cm³/mol. The number of aromatic nitrogens is 1. The Morgan fingerprint density at radius 1 is 1.45 bits per heavy atom. The number of aliphatic carboxylic acids is 1. The van der Waals surface area contributed by atoms with Crippen molar-refractivity contribution in [3.05, 3.63) is 16.1 Å². The van der Waals surface area contributed by atoms with Crippen LogP contribution < -0.4 is 5.32 Å². The Balaban J connectivity index is 1.95. The molecule has 0 radical (unpaired) electrons. The highest BCUT2D eigenvalue weighted by molar-refractivity contribution is 7.09. The molecule has 0 aromatic carbocycles. The molecule has 0 aliphatic heterocycles. The standard InChI is InChI=1S/C14H20N2O3S/c1-7(12-16-10(6-20-12)14(2,3)4)15-11(17)8-5-9(8)13(18)19/h6-9H,5H2,1-4H3,(H,15,17)(H,18,19)/t7-,8-,9+/m0/s1. The van der Waals surface area contributed by atoms with E-state index in [9.17, 15) is 9.59 Å². The number of hydrogen-bond acceptors (Lipinski definition) is 4. The van der Waals surface area contributed by atoms with Crippen molar-refractivity contribution in [3.8, 4) is 0 Å². The minimum Gasteiger partial charge on any atom is -0.481 e. The third-order valence-electron chi connectivity index (χ3n) is 3.46. The van der Waals surface area contributed by atoms with E-state index in [0.717, 1.165) is 10.7 Å². The highest BCUT2D eigenvalue weighted by atomic mass is 32.1. The highest BCUT2D eigenvalue weighted by Crippen LogP contribution is 2.39. The van der Waals surface area contributed by atoms with Gasteiger partial charge in [0.1, 0.15) is 5.01 Å². The zero-order valence-electron chi connectivity index (χ0n) is 12.1. The molecule has 3 atom stereocenters. The van der Waals surface area contributed by atoms with Crippen molar-refractivity contribution in [2.75, 3.05) is 0 Å². The summed E-state index contributed by atoms with van der Waals surface area (Å²) in [5.74, 6) is -1.96. The second-order valence-corrected chi connectivity index (χ2v) is 7.23. The fourth-order valence-electron chi connectivity index (χ4n) is 1.97. The molecule has 5 nitrogen and oxygen atoms in total. The maximum atomic E-state index is 11.9. The summed E-state index contributed by atoms with van der Waals surface area (Å²) < 4.78 is 0. The Hall–Kier alpha value is -1.43. The topological polar surface area (TPSA) is 79.3 Å². The summed E-state index contributed by atoms with van der Waals surface area (Å²) in [6.45, 7) is 8.16.